The molecule has 1 fully saturated rings. The zero-order chi connectivity index (χ0) is 24.7. The van der Waals surface area contributed by atoms with Crippen LogP contribution in [0.2, 0.25) is 0 Å². The maximum atomic E-state index is 13.3. The fourth-order valence-corrected chi connectivity index (χ4v) is 3.67. The van der Waals surface area contributed by atoms with Crippen molar-refractivity contribution >= 4 is 11.0 Å². The Kier molecular flexibility index (Phi) is 6.25. The highest BCUT2D eigenvalue weighted by Crippen LogP contribution is 2.39. The van der Waals surface area contributed by atoms with Crippen molar-refractivity contribution in [3.63, 3.8) is 0 Å². The maximum absolute atomic E-state index is 13.3. The van der Waals surface area contributed by atoms with Gasteiger partial charge in [0.05, 0.1) is 13.7 Å². The Labute approximate surface area is 191 Å². The molecule has 5 atom stereocenters. The number of rotatable bonds is 5. The molecule has 7 N–H and O–H groups in total. The zero-order valence-electron chi connectivity index (χ0n) is 17.7. The number of hydrogen-bond donors (Lipinski definition) is 7. The number of phenols is 3. The highest BCUT2D eigenvalue weighted by atomic mass is 16.7. The second kappa shape index (κ2) is 9.00. The van der Waals surface area contributed by atoms with Gasteiger partial charge in [-0.05, 0) is 18.2 Å². The lowest BCUT2D eigenvalue weighted by atomic mass is 9.99. The lowest BCUT2D eigenvalue weighted by Crippen LogP contribution is -2.60. The second-order valence-electron chi connectivity index (χ2n) is 7.63. The van der Waals surface area contributed by atoms with E-state index in [1.54, 1.807) is 0 Å². The lowest BCUT2D eigenvalue weighted by molar-refractivity contribution is -0.277. The summed E-state index contributed by atoms with van der Waals surface area (Å²) in [4.78, 5) is 13.3. The molecule has 0 saturated carbocycles. The first-order valence-corrected chi connectivity index (χ1v) is 10.0. The number of aliphatic hydroxyl groups is 4. The Bertz CT molecular complexity index is 1270. The SMILES string of the molecule is COc1cc(-c2oc3cc(O)cc(O)c3c(=O)c2O[C@@H]2O[C@@H](CO)[C@@H](O)[C@@H](O)[C@H]2O)ccc1O. The summed E-state index contributed by atoms with van der Waals surface area (Å²) in [5.41, 5.74) is -0.959. The molecule has 0 unspecified atom stereocenters. The molecule has 1 aliphatic heterocycles. The molecule has 1 aromatic heterocycles. The molecule has 12 nitrogen and oxygen atoms in total. The van der Waals surface area contributed by atoms with Gasteiger partial charge < -0.3 is 54.4 Å². The van der Waals surface area contributed by atoms with Crippen LogP contribution in [-0.4, -0.2) is 80.2 Å². The molecule has 182 valence electrons. The molecule has 0 aliphatic carbocycles. The minimum Gasteiger partial charge on any atom is -0.508 e. The summed E-state index contributed by atoms with van der Waals surface area (Å²) in [6.45, 7) is -0.723. The van der Waals surface area contributed by atoms with Crippen LogP contribution in [0.5, 0.6) is 28.7 Å². The van der Waals surface area contributed by atoms with Gasteiger partial charge in [-0.2, -0.15) is 0 Å². The van der Waals surface area contributed by atoms with E-state index < -0.39 is 54.2 Å². The lowest BCUT2D eigenvalue weighted by Gasteiger charge is -2.39. The van der Waals surface area contributed by atoms with Crippen molar-refractivity contribution < 1.29 is 54.4 Å². The minimum atomic E-state index is -1.83. The zero-order valence-corrected chi connectivity index (χ0v) is 17.7. The Morgan fingerprint density at radius 2 is 1.71 bits per heavy atom. The van der Waals surface area contributed by atoms with Crippen molar-refractivity contribution in [3.05, 3.63) is 40.6 Å². The van der Waals surface area contributed by atoms with Crippen molar-refractivity contribution in [2.45, 2.75) is 30.7 Å². The number of aliphatic hydroxyl groups excluding tert-OH is 4. The summed E-state index contributed by atoms with van der Waals surface area (Å²) in [6.07, 6.45) is -8.29. The molecule has 2 heterocycles. The highest BCUT2D eigenvalue weighted by molar-refractivity contribution is 5.88. The summed E-state index contributed by atoms with van der Waals surface area (Å²) >= 11 is 0. The van der Waals surface area contributed by atoms with Gasteiger partial charge in [0.25, 0.3) is 0 Å². The first-order chi connectivity index (χ1) is 16.2. The Morgan fingerprint density at radius 1 is 0.971 bits per heavy atom. The third-order valence-electron chi connectivity index (χ3n) is 5.44. The van der Waals surface area contributed by atoms with E-state index in [9.17, 15) is 40.5 Å². The maximum Gasteiger partial charge on any atom is 0.239 e. The van der Waals surface area contributed by atoms with Crippen molar-refractivity contribution in [3.8, 4) is 40.1 Å². The molecular formula is C22H22O12. The van der Waals surface area contributed by atoms with Crippen LogP contribution in [0.25, 0.3) is 22.3 Å². The van der Waals surface area contributed by atoms with Crippen molar-refractivity contribution in [1.82, 2.24) is 0 Å². The number of ether oxygens (including phenoxy) is 3. The Balaban J connectivity index is 1.92. The molecule has 34 heavy (non-hydrogen) atoms. The number of phenolic OH excluding ortho intramolecular Hbond substituents is 3. The summed E-state index contributed by atoms with van der Waals surface area (Å²) in [5.74, 6) is -2.00. The topological polar surface area (TPSA) is 200 Å². The van der Waals surface area contributed by atoms with E-state index in [1.807, 2.05) is 0 Å². The monoisotopic (exact) mass is 478 g/mol. The molecule has 3 aromatic rings. The molecular weight excluding hydrogens is 456 g/mol. The first kappa shape index (κ1) is 23.6. The summed E-state index contributed by atoms with van der Waals surface area (Å²) in [6, 6.07) is 5.96. The number of fused-ring (bicyclic) bond motifs is 1. The minimum absolute atomic E-state index is 0.0257. The smallest absolute Gasteiger partial charge is 0.239 e. The summed E-state index contributed by atoms with van der Waals surface area (Å²) in [7, 11) is 1.30. The van der Waals surface area contributed by atoms with E-state index in [0.717, 1.165) is 12.1 Å². The van der Waals surface area contributed by atoms with Crippen molar-refractivity contribution in [2.24, 2.45) is 0 Å². The average molecular weight is 478 g/mol. The quantitative estimate of drug-likeness (QED) is 0.254. The summed E-state index contributed by atoms with van der Waals surface area (Å²) in [5, 5.41) is 69.4. The molecule has 2 aromatic carbocycles. The molecule has 1 saturated heterocycles. The third-order valence-corrected chi connectivity index (χ3v) is 5.44. The molecule has 0 bridgehead atoms. The van der Waals surface area contributed by atoms with Gasteiger partial charge in [0.2, 0.25) is 17.5 Å². The molecule has 12 heteroatoms. The van der Waals surface area contributed by atoms with Crippen molar-refractivity contribution in [2.75, 3.05) is 13.7 Å². The third kappa shape index (κ3) is 3.97. The number of methoxy groups -OCH3 is 1. The van der Waals surface area contributed by atoms with Gasteiger partial charge >= 0.3 is 0 Å². The van der Waals surface area contributed by atoms with E-state index in [-0.39, 0.29) is 39.5 Å². The van der Waals surface area contributed by atoms with Crippen LogP contribution in [0, 0.1) is 0 Å². The van der Waals surface area contributed by atoms with Gasteiger partial charge in [-0.25, -0.2) is 0 Å². The van der Waals surface area contributed by atoms with Gasteiger partial charge in [0.1, 0.15) is 46.9 Å². The Morgan fingerprint density at radius 3 is 2.38 bits per heavy atom. The van der Waals surface area contributed by atoms with E-state index in [0.29, 0.717) is 0 Å². The second-order valence-corrected chi connectivity index (χ2v) is 7.63. The molecule has 4 rings (SSSR count). The standard InChI is InChI=1S/C22H22O12/c1-31-12-4-8(2-3-10(12)25)20-21(17(28)15-11(26)5-9(24)6-13(15)32-20)34-22-19(30)18(29)16(27)14(7-23)33-22/h2-6,14,16,18-19,22-27,29-30H,7H2,1H3/t14-,16+,18+,19+,22-/m0/s1. The van der Waals surface area contributed by atoms with Crippen LogP contribution in [0.4, 0.5) is 0 Å². The molecule has 0 spiro atoms. The van der Waals surface area contributed by atoms with Crippen LogP contribution in [0.3, 0.4) is 0 Å². The van der Waals surface area contributed by atoms with Crippen LogP contribution in [0.1, 0.15) is 0 Å². The molecule has 1 aliphatic rings. The first-order valence-electron chi connectivity index (χ1n) is 10.0. The fourth-order valence-electron chi connectivity index (χ4n) is 3.67. The molecule has 0 radical (unpaired) electrons. The average Bonchev–Trinajstić information content (AvgIpc) is 2.80. The van der Waals surface area contributed by atoms with Crippen molar-refractivity contribution in [1.29, 1.82) is 0 Å². The predicted molar refractivity (Wildman–Crippen MR) is 114 cm³/mol. The van der Waals surface area contributed by atoms with E-state index in [2.05, 4.69) is 0 Å². The Hall–Kier alpha value is -3.55. The normalized spacial score (nSPS) is 24.8. The highest BCUT2D eigenvalue weighted by Gasteiger charge is 2.45. The number of hydrogen-bond acceptors (Lipinski definition) is 12. The fraction of sp³-hybridized carbons (Fsp3) is 0.318. The van der Waals surface area contributed by atoms with Gasteiger partial charge in [0, 0.05) is 17.7 Å². The van der Waals surface area contributed by atoms with Gasteiger partial charge in [0.15, 0.2) is 17.3 Å². The van der Waals surface area contributed by atoms with Gasteiger partial charge in [-0.1, -0.05) is 0 Å². The molecule has 0 amide bonds. The summed E-state index contributed by atoms with van der Waals surface area (Å²) < 4.78 is 21.8. The predicted octanol–water partition coefficient (Wildman–Crippen LogP) is -0.236. The van der Waals surface area contributed by atoms with E-state index in [4.69, 9.17) is 18.6 Å². The van der Waals surface area contributed by atoms with Crippen LogP contribution < -0.4 is 14.9 Å². The van der Waals surface area contributed by atoms with Crippen LogP contribution in [-0.2, 0) is 4.74 Å². The number of aromatic hydroxyl groups is 3. The van der Waals surface area contributed by atoms with E-state index in [1.165, 1.54) is 25.3 Å². The number of benzene rings is 2. The van der Waals surface area contributed by atoms with Crippen LogP contribution >= 0.6 is 0 Å². The van der Waals surface area contributed by atoms with Gasteiger partial charge in [-0.3, -0.25) is 4.79 Å². The van der Waals surface area contributed by atoms with E-state index >= 15 is 0 Å². The largest absolute Gasteiger partial charge is 0.508 e. The van der Waals surface area contributed by atoms with Crippen LogP contribution in [0.15, 0.2) is 39.5 Å². The van der Waals surface area contributed by atoms with Gasteiger partial charge in [-0.15, -0.1) is 0 Å².